The van der Waals surface area contributed by atoms with Crippen LogP contribution < -0.4 is 4.74 Å². The predicted molar refractivity (Wildman–Crippen MR) is 70.8 cm³/mol. The molecule has 2 rings (SSSR count). The second kappa shape index (κ2) is 5.36. The lowest BCUT2D eigenvalue weighted by atomic mass is 10.1. The van der Waals surface area contributed by atoms with Crippen LogP contribution in [-0.2, 0) is 4.79 Å². The zero-order chi connectivity index (χ0) is 13.0. The molecule has 2 aromatic carbocycles. The van der Waals surface area contributed by atoms with Crippen molar-refractivity contribution in [2.24, 2.45) is 0 Å². The molecule has 0 fully saturated rings. The highest BCUT2D eigenvalue weighted by Gasteiger charge is 2.02. The third kappa shape index (κ3) is 2.88. The fourth-order valence-corrected chi connectivity index (χ4v) is 1.77. The first kappa shape index (κ1) is 12.2. The lowest BCUT2D eigenvalue weighted by Crippen LogP contribution is -2.01. The maximum absolute atomic E-state index is 10.5. The van der Waals surface area contributed by atoms with Crippen LogP contribution >= 0.6 is 0 Å². The van der Waals surface area contributed by atoms with Gasteiger partial charge in [0, 0.05) is 11.5 Å². The van der Waals surface area contributed by atoms with Gasteiger partial charge in [0.2, 0.25) is 0 Å². The molecule has 3 heteroatoms. The molecule has 0 heterocycles. The fraction of sp³-hybridized carbons (Fsp3) is 0.133. The van der Waals surface area contributed by atoms with Crippen molar-refractivity contribution in [3.63, 3.8) is 0 Å². The minimum Gasteiger partial charge on any atom is -0.489 e. The third-order valence-electron chi connectivity index (χ3n) is 2.57. The van der Waals surface area contributed by atoms with E-state index < -0.39 is 5.97 Å². The average Bonchev–Trinajstić information content (AvgIpc) is 2.35. The maximum atomic E-state index is 10.5. The van der Waals surface area contributed by atoms with Gasteiger partial charge in [0.15, 0.2) is 0 Å². The van der Waals surface area contributed by atoms with Crippen LogP contribution in [0, 0.1) is 0 Å². The van der Waals surface area contributed by atoms with Crippen molar-refractivity contribution in [3.8, 4) is 5.75 Å². The molecular weight excluding hydrogens is 228 g/mol. The van der Waals surface area contributed by atoms with Crippen LogP contribution in [0.1, 0.15) is 6.92 Å². The first-order chi connectivity index (χ1) is 8.66. The van der Waals surface area contributed by atoms with Gasteiger partial charge in [-0.05, 0) is 23.9 Å². The summed E-state index contributed by atoms with van der Waals surface area (Å²) in [5, 5.41) is 10.8. The number of benzene rings is 2. The number of ether oxygens (including phenoxy) is 1. The molecule has 0 atom stereocenters. The van der Waals surface area contributed by atoms with Crippen molar-refractivity contribution in [2.75, 3.05) is 6.61 Å². The van der Waals surface area contributed by atoms with Gasteiger partial charge in [0.25, 0.3) is 0 Å². The van der Waals surface area contributed by atoms with Crippen LogP contribution in [0.5, 0.6) is 5.75 Å². The number of fused-ring (bicyclic) bond motifs is 1. The van der Waals surface area contributed by atoms with E-state index in [0.29, 0.717) is 5.57 Å². The highest BCUT2D eigenvalue weighted by Crippen LogP contribution is 2.25. The zero-order valence-electron chi connectivity index (χ0n) is 10.1. The summed E-state index contributed by atoms with van der Waals surface area (Å²) in [4.78, 5) is 10.5. The second-order valence-electron chi connectivity index (χ2n) is 4.09. The summed E-state index contributed by atoms with van der Waals surface area (Å²) in [5.41, 5.74) is 0.676. The van der Waals surface area contributed by atoms with Crippen LogP contribution in [-0.4, -0.2) is 17.7 Å². The topological polar surface area (TPSA) is 46.5 Å². The van der Waals surface area contributed by atoms with Gasteiger partial charge in [0.05, 0.1) is 0 Å². The van der Waals surface area contributed by atoms with Crippen molar-refractivity contribution in [1.82, 2.24) is 0 Å². The van der Waals surface area contributed by atoms with Crippen LogP contribution in [0.25, 0.3) is 10.8 Å². The standard InChI is InChI=1S/C15H14O3/c1-11(9-15(16)17)10-18-14-8-4-6-12-5-2-3-7-13(12)14/h2-9H,10H2,1H3,(H,16,17)/b11-9+. The Hall–Kier alpha value is -2.29. The molecule has 1 N–H and O–H groups in total. The second-order valence-corrected chi connectivity index (χ2v) is 4.09. The molecule has 18 heavy (non-hydrogen) atoms. The Balaban J connectivity index is 2.20. The van der Waals surface area contributed by atoms with Gasteiger partial charge in [-0.15, -0.1) is 0 Å². The van der Waals surface area contributed by atoms with E-state index in [9.17, 15) is 4.79 Å². The van der Waals surface area contributed by atoms with Crippen molar-refractivity contribution >= 4 is 16.7 Å². The first-order valence-corrected chi connectivity index (χ1v) is 5.67. The molecule has 0 amide bonds. The van der Waals surface area contributed by atoms with Crippen molar-refractivity contribution in [1.29, 1.82) is 0 Å². The van der Waals surface area contributed by atoms with E-state index in [0.717, 1.165) is 22.6 Å². The van der Waals surface area contributed by atoms with Crippen LogP contribution in [0.3, 0.4) is 0 Å². The van der Waals surface area contributed by atoms with Crippen molar-refractivity contribution in [3.05, 3.63) is 54.1 Å². The largest absolute Gasteiger partial charge is 0.489 e. The molecule has 0 unspecified atom stereocenters. The number of hydrogen-bond donors (Lipinski definition) is 1. The Kier molecular flexibility index (Phi) is 3.63. The number of carbonyl (C=O) groups is 1. The van der Waals surface area contributed by atoms with Crippen LogP contribution in [0.2, 0.25) is 0 Å². The number of aliphatic carboxylic acids is 1. The Morgan fingerprint density at radius 1 is 1.22 bits per heavy atom. The predicted octanol–water partition coefficient (Wildman–Crippen LogP) is 3.25. The van der Waals surface area contributed by atoms with Crippen LogP contribution in [0.15, 0.2) is 54.1 Å². The minimum atomic E-state index is -0.950. The van der Waals surface area contributed by atoms with Crippen molar-refractivity contribution < 1.29 is 14.6 Å². The average molecular weight is 242 g/mol. The van der Waals surface area contributed by atoms with Gasteiger partial charge in [-0.3, -0.25) is 0 Å². The molecule has 3 nitrogen and oxygen atoms in total. The summed E-state index contributed by atoms with van der Waals surface area (Å²) in [7, 11) is 0. The Bertz CT molecular complexity index is 594. The van der Waals surface area contributed by atoms with E-state index >= 15 is 0 Å². The number of carboxylic acid groups (broad SMARTS) is 1. The van der Waals surface area contributed by atoms with E-state index in [1.54, 1.807) is 6.92 Å². The SMILES string of the molecule is C/C(=C\C(=O)O)COc1cccc2ccccc12. The monoisotopic (exact) mass is 242 g/mol. The Labute approximate surface area is 105 Å². The van der Waals surface area contributed by atoms with Gasteiger partial charge in [-0.25, -0.2) is 4.79 Å². The van der Waals surface area contributed by atoms with E-state index in [1.807, 2.05) is 42.5 Å². The minimum absolute atomic E-state index is 0.278. The van der Waals surface area contributed by atoms with Gasteiger partial charge in [-0.1, -0.05) is 36.4 Å². The van der Waals surface area contributed by atoms with Crippen molar-refractivity contribution in [2.45, 2.75) is 6.92 Å². The first-order valence-electron chi connectivity index (χ1n) is 5.67. The molecule has 0 saturated heterocycles. The molecule has 0 radical (unpaired) electrons. The van der Waals surface area contributed by atoms with E-state index in [2.05, 4.69) is 0 Å². The Morgan fingerprint density at radius 3 is 2.72 bits per heavy atom. The van der Waals surface area contributed by atoms with Gasteiger partial charge < -0.3 is 9.84 Å². The summed E-state index contributed by atoms with van der Waals surface area (Å²) >= 11 is 0. The zero-order valence-corrected chi connectivity index (χ0v) is 10.1. The summed E-state index contributed by atoms with van der Waals surface area (Å²) in [6.45, 7) is 2.01. The van der Waals surface area contributed by atoms with Gasteiger partial charge >= 0.3 is 5.97 Å². The molecule has 0 aliphatic rings. The molecule has 0 aromatic heterocycles. The molecule has 2 aromatic rings. The summed E-state index contributed by atoms with van der Waals surface area (Å²) in [5.74, 6) is -0.180. The molecule has 0 spiro atoms. The molecule has 0 aliphatic heterocycles. The number of rotatable bonds is 4. The van der Waals surface area contributed by atoms with E-state index in [1.165, 1.54) is 0 Å². The molecule has 0 aliphatic carbocycles. The van der Waals surface area contributed by atoms with E-state index in [4.69, 9.17) is 9.84 Å². The molecule has 0 bridgehead atoms. The fourth-order valence-electron chi connectivity index (χ4n) is 1.77. The Morgan fingerprint density at radius 2 is 1.94 bits per heavy atom. The molecule has 92 valence electrons. The maximum Gasteiger partial charge on any atom is 0.328 e. The molecular formula is C15H14O3. The lowest BCUT2D eigenvalue weighted by molar-refractivity contribution is -0.131. The normalized spacial score (nSPS) is 11.5. The summed E-state index contributed by atoms with van der Waals surface area (Å²) in [6, 6.07) is 13.8. The summed E-state index contributed by atoms with van der Waals surface area (Å²) in [6.07, 6.45) is 1.16. The van der Waals surface area contributed by atoms with Crippen LogP contribution in [0.4, 0.5) is 0 Å². The number of hydrogen-bond acceptors (Lipinski definition) is 2. The summed E-state index contributed by atoms with van der Waals surface area (Å²) < 4.78 is 5.65. The highest BCUT2D eigenvalue weighted by molar-refractivity contribution is 5.88. The van der Waals surface area contributed by atoms with Gasteiger partial charge in [-0.2, -0.15) is 0 Å². The van der Waals surface area contributed by atoms with E-state index in [-0.39, 0.29) is 6.61 Å². The smallest absolute Gasteiger partial charge is 0.328 e. The third-order valence-corrected chi connectivity index (χ3v) is 2.57. The highest BCUT2D eigenvalue weighted by atomic mass is 16.5. The molecule has 0 saturated carbocycles. The number of carboxylic acids is 1. The van der Waals surface area contributed by atoms with Gasteiger partial charge in [0.1, 0.15) is 12.4 Å². The lowest BCUT2D eigenvalue weighted by Gasteiger charge is -2.09. The quantitative estimate of drug-likeness (QED) is 0.837.